The predicted octanol–water partition coefficient (Wildman–Crippen LogP) is 1.15. The van der Waals surface area contributed by atoms with Crippen LogP contribution in [-0.4, -0.2) is 32.2 Å². The molecule has 0 heterocycles. The highest BCUT2D eigenvalue weighted by atomic mass is 16.5. The Bertz CT molecular complexity index is 189. The summed E-state index contributed by atoms with van der Waals surface area (Å²) in [6.07, 6.45) is 1.97. The molecule has 0 aromatic rings. The molecule has 96 valence electrons. The average Bonchev–Trinajstić information content (AvgIpc) is 2.18. The number of rotatable bonds is 8. The molecule has 0 fully saturated rings. The number of hydrogen-bond donors (Lipinski definition) is 2. The van der Waals surface area contributed by atoms with E-state index in [1.807, 2.05) is 13.8 Å². The maximum atomic E-state index is 11.9. The molecule has 0 saturated heterocycles. The number of carbonyl (C=O) groups excluding carboxylic acids is 1. The Morgan fingerprint density at radius 3 is 2.44 bits per heavy atom. The zero-order valence-corrected chi connectivity index (χ0v) is 11.0. The SMILES string of the molecule is CCCC(COC)NC(=O)C(CN)C(C)C. The van der Waals surface area contributed by atoms with Crippen LogP contribution in [0.5, 0.6) is 0 Å². The lowest BCUT2D eigenvalue weighted by Crippen LogP contribution is -2.44. The van der Waals surface area contributed by atoms with Crippen LogP contribution in [0, 0.1) is 11.8 Å². The summed E-state index contributed by atoms with van der Waals surface area (Å²) < 4.78 is 5.09. The molecule has 0 aromatic carbocycles. The Balaban J connectivity index is 4.25. The minimum atomic E-state index is -0.101. The van der Waals surface area contributed by atoms with Crippen molar-refractivity contribution < 1.29 is 9.53 Å². The number of amides is 1. The van der Waals surface area contributed by atoms with Crippen LogP contribution in [0.3, 0.4) is 0 Å². The second-order valence-electron chi connectivity index (χ2n) is 4.54. The molecule has 0 aliphatic heterocycles. The van der Waals surface area contributed by atoms with Crippen LogP contribution in [0.4, 0.5) is 0 Å². The summed E-state index contributed by atoms with van der Waals surface area (Å²) in [4.78, 5) is 11.9. The van der Waals surface area contributed by atoms with Crippen LogP contribution in [0.1, 0.15) is 33.6 Å². The fourth-order valence-corrected chi connectivity index (χ4v) is 1.74. The van der Waals surface area contributed by atoms with Gasteiger partial charge in [0.1, 0.15) is 0 Å². The lowest BCUT2D eigenvalue weighted by atomic mass is 9.94. The number of methoxy groups -OCH3 is 1. The number of nitrogens with two attached hydrogens (primary N) is 1. The van der Waals surface area contributed by atoms with Gasteiger partial charge in [-0.25, -0.2) is 0 Å². The van der Waals surface area contributed by atoms with Crippen molar-refractivity contribution in [3.63, 3.8) is 0 Å². The smallest absolute Gasteiger partial charge is 0.224 e. The van der Waals surface area contributed by atoms with Crippen LogP contribution in [-0.2, 0) is 9.53 Å². The van der Waals surface area contributed by atoms with Gasteiger partial charge in [-0.3, -0.25) is 4.79 Å². The van der Waals surface area contributed by atoms with Crippen LogP contribution in [0.2, 0.25) is 0 Å². The second kappa shape index (κ2) is 8.53. The number of hydrogen-bond acceptors (Lipinski definition) is 3. The van der Waals surface area contributed by atoms with Gasteiger partial charge in [0.15, 0.2) is 0 Å². The van der Waals surface area contributed by atoms with Crippen molar-refractivity contribution in [3.8, 4) is 0 Å². The summed E-state index contributed by atoms with van der Waals surface area (Å²) in [5.41, 5.74) is 5.61. The van der Waals surface area contributed by atoms with E-state index >= 15 is 0 Å². The highest BCUT2D eigenvalue weighted by molar-refractivity contribution is 5.79. The van der Waals surface area contributed by atoms with Crippen molar-refractivity contribution in [2.24, 2.45) is 17.6 Å². The van der Waals surface area contributed by atoms with Gasteiger partial charge in [0.2, 0.25) is 5.91 Å². The van der Waals surface area contributed by atoms with Gasteiger partial charge >= 0.3 is 0 Å². The van der Waals surface area contributed by atoms with Gasteiger partial charge in [-0.05, 0) is 12.3 Å². The fraction of sp³-hybridized carbons (Fsp3) is 0.917. The van der Waals surface area contributed by atoms with Gasteiger partial charge in [0.05, 0.1) is 18.6 Å². The van der Waals surface area contributed by atoms with E-state index in [0.29, 0.717) is 13.2 Å². The van der Waals surface area contributed by atoms with Crippen LogP contribution >= 0.6 is 0 Å². The van der Waals surface area contributed by atoms with Crippen LogP contribution in [0.25, 0.3) is 0 Å². The molecule has 2 unspecified atom stereocenters. The number of carbonyl (C=O) groups is 1. The number of nitrogens with one attached hydrogen (secondary N) is 1. The lowest BCUT2D eigenvalue weighted by molar-refractivity contribution is -0.127. The molecule has 4 nitrogen and oxygen atoms in total. The molecule has 2 atom stereocenters. The molecule has 0 aliphatic rings. The first kappa shape index (κ1) is 15.4. The Kier molecular flexibility index (Phi) is 8.21. The summed E-state index contributed by atoms with van der Waals surface area (Å²) >= 11 is 0. The summed E-state index contributed by atoms with van der Waals surface area (Å²) in [5.74, 6) is 0.221. The monoisotopic (exact) mass is 230 g/mol. The van der Waals surface area contributed by atoms with Gasteiger partial charge in [0, 0.05) is 13.7 Å². The molecule has 3 N–H and O–H groups in total. The van der Waals surface area contributed by atoms with Crippen molar-refractivity contribution in [3.05, 3.63) is 0 Å². The van der Waals surface area contributed by atoms with Crippen LogP contribution < -0.4 is 11.1 Å². The van der Waals surface area contributed by atoms with Crippen molar-refractivity contribution in [2.75, 3.05) is 20.3 Å². The minimum Gasteiger partial charge on any atom is -0.383 e. The van der Waals surface area contributed by atoms with Crippen LogP contribution in [0.15, 0.2) is 0 Å². The summed E-state index contributed by atoms with van der Waals surface area (Å²) in [6, 6.07) is 0.107. The molecule has 16 heavy (non-hydrogen) atoms. The van der Waals surface area contributed by atoms with Crippen molar-refractivity contribution >= 4 is 5.91 Å². The van der Waals surface area contributed by atoms with E-state index in [-0.39, 0.29) is 23.8 Å². The molecule has 0 rings (SSSR count). The van der Waals surface area contributed by atoms with Crippen molar-refractivity contribution in [1.29, 1.82) is 0 Å². The van der Waals surface area contributed by atoms with E-state index in [9.17, 15) is 4.79 Å². The van der Waals surface area contributed by atoms with Crippen molar-refractivity contribution in [2.45, 2.75) is 39.7 Å². The zero-order chi connectivity index (χ0) is 12.6. The quantitative estimate of drug-likeness (QED) is 0.657. The molecule has 0 saturated carbocycles. The Hall–Kier alpha value is -0.610. The van der Waals surface area contributed by atoms with Gasteiger partial charge in [-0.1, -0.05) is 27.2 Å². The van der Waals surface area contributed by atoms with Crippen molar-refractivity contribution in [1.82, 2.24) is 5.32 Å². The summed E-state index contributed by atoms with van der Waals surface area (Å²) in [7, 11) is 1.65. The second-order valence-corrected chi connectivity index (χ2v) is 4.54. The highest BCUT2D eigenvalue weighted by Crippen LogP contribution is 2.10. The van der Waals surface area contributed by atoms with E-state index < -0.39 is 0 Å². The molecule has 0 spiro atoms. The van der Waals surface area contributed by atoms with Gasteiger partial charge in [-0.2, -0.15) is 0 Å². The maximum absolute atomic E-state index is 11.9. The summed E-state index contributed by atoms with van der Waals surface area (Å²) in [5, 5.41) is 3.01. The van der Waals surface area contributed by atoms with Gasteiger partial charge < -0.3 is 15.8 Å². The highest BCUT2D eigenvalue weighted by Gasteiger charge is 2.22. The molecule has 0 aliphatic carbocycles. The van der Waals surface area contributed by atoms with E-state index in [1.54, 1.807) is 7.11 Å². The largest absolute Gasteiger partial charge is 0.383 e. The third-order valence-corrected chi connectivity index (χ3v) is 2.75. The predicted molar refractivity (Wildman–Crippen MR) is 66.1 cm³/mol. The normalized spacial score (nSPS) is 14.9. The Labute approximate surface area is 98.9 Å². The third kappa shape index (κ3) is 5.47. The maximum Gasteiger partial charge on any atom is 0.224 e. The standard InChI is InChI=1S/C12H26N2O2/c1-5-6-10(8-16-4)14-12(15)11(7-13)9(2)3/h9-11H,5-8,13H2,1-4H3,(H,14,15). The third-order valence-electron chi connectivity index (χ3n) is 2.75. The molecular formula is C12H26N2O2. The molecule has 1 amide bonds. The van der Waals surface area contributed by atoms with Gasteiger partial charge in [-0.15, -0.1) is 0 Å². The number of ether oxygens (including phenoxy) is 1. The van der Waals surface area contributed by atoms with E-state index in [4.69, 9.17) is 10.5 Å². The minimum absolute atomic E-state index is 0.0491. The van der Waals surface area contributed by atoms with Gasteiger partial charge in [0.25, 0.3) is 0 Å². The topological polar surface area (TPSA) is 64.3 Å². The zero-order valence-electron chi connectivity index (χ0n) is 11.0. The Morgan fingerprint density at radius 1 is 1.44 bits per heavy atom. The van der Waals surface area contributed by atoms with E-state index in [0.717, 1.165) is 12.8 Å². The lowest BCUT2D eigenvalue weighted by Gasteiger charge is -2.23. The first-order chi connectivity index (χ1) is 7.56. The first-order valence-electron chi connectivity index (χ1n) is 6.06. The molecule has 0 aromatic heterocycles. The average molecular weight is 230 g/mol. The molecular weight excluding hydrogens is 204 g/mol. The van der Waals surface area contributed by atoms with E-state index in [1.165, 1.54) is 0 Å². The summed E-state index contributed by atoms with van der Waals surface area (Å²) in [6.45, 7) is 7.09. The molecule has 4 heteroatoms. The molecule has 0 bridgehead atoms. The fourth-order valence-electron chi connectivity index (χ4n) is 1.74. The first-order valence-corrected chi connectivity index (χ1v) is 6.06. The molecule has 0 radical (unpaired) electrons. The Morgan fingerprint density at radius 2 is 2.06 bits per heavy atom. The van der Waals surface area contributed by atoms with E-state index in [2.05, 4.69) is 12.2 Å².